The van der Waals surface area contributed by atoms with Crippen molar-refractivity contribution in [3.8, 4) is 0 Å². The van der Waals surface area contributed by atoms with Gasteiger partial charge in [-0.3, -0.25) is 4.79 Å². The maximum atomic E-state index is 13.2. The van der Waals surface area contributed by atoms with Crippen molar-refractivity contribution in [3.05, 3.63) is 59.7 Å². The first-order chi connectivity index (χ1) is 12.0. The van der Waals surface area contributed by atoms with Gasteiger partial charge in [-0.25, -0.2) is 12.7 Å². The van der Waals surface area contributed by atoms with Crippen LogP contribution in [0.5, 0.6) is 0 Å². The summed E-state index contributed by atoms with van der Waals surface area (Å²) in [6.07, 6.45) is 0.981. The van der Waals surface area contributed by atoms with Crippen LogP contribution in [0.4, 0.5) is 5.69 Å². The minimum absolute atomic E-state index is 0.116. The van der Waals surface area contributed by atoms with Crippen molar-refractivity contribution in [1.29, 1.82) is 0 Å². The van der Waals surface area contributed by atoms with Crippen molar-refractivity contribution < 1.29 is 13.2 Å². The molecule has 2 aromatic rings. The Morgan fingerprint density at radius 1 is 0.962 bits per heavy atom. The van der Waals surface area contributed by atoms with E-state index in [0.717, 1.165) is 21.9 Å². The van der Waals surface area contributed by atoms with Crippen LogP contribution in [0.2, 0.25) is 0 Å². The molecule has 2 rings (SSSR count). The number of aryl methyl sites for hydroxylation is 2. The molecule has 0 bridgehead atoms. The molecule has 1 amide bonds. The first-order valence-electron chi connectivity index (χ1n) is 8.78. The van der Waals surface area contributed by atoms with Gasteiger partial charge in [0.25, 0.3) is 10.0 Å². The van der Waals surface area contributed by atoms with Gasteiger partial charge in [0.2, 0.25) is 5.91 Å². The van der Waals surface area contributed by atoms with Gasteiger partial charge in [-0.15, -0.1) is 0 Å². The number of amides is 1. The number of carbonyl (C=O) groups is 1. The van der Waals surface area contributed by atoms with Crippen molar-refractivity contribution in [3.63, 3.8) is 0 Å². The number of benzene rings is 2. The topological polar surface area (TPSA) is 54.5 Å². The van der Waals surface area contributed by atoms with E-state index in [9.17, 15) is 13.2 Å². The molecule has 0 radical (unpaired) electrons. The molecule has 0 aliphatic heterocycles. The van der Waals surface area contributed by atoms with Gasteiger partial charge in [-0.1, -0.05) is 57.5 Å². The second-order valence-corrected chi connectivity index (χ2v) is 9.52. The van der Waals surface area contributed by atoms with E-state index in [4.69, 9.17) is 0 Å². The smallest absolute Gasteiger partial charge is 0.270 e. The maximum Gasteiger partial charge on any atom is 0.270 e. The number of nitrogens with zero attached hydrogens (tertiary/aromatic N) is 1. The van der Waals surface area contributed by atoms with Crippen LogP contribution in [-0.4, -0.2) is 14.3 Å². The standard InChI is InChI=1S/C21H27NO3S/c1-6-17-9-11-18(12-10-17)22(20(23)15-21(3,4)5)26(24,25)19-13-7-16(2)8-14-19/h7-14H,6,15H2,1-5H3. The van der Waals surface area contributed by atoms with Crippen molar-refractivity contribution in [1.82, 2.24) is 0 Å². The van der Waals surface area contributed by atoms with Gasteiger partial charge in [0.1, 0.15) is 0 Å². The Bertz CT molecular complexity index is 861. The van der Waals surface area contributed by atoms with E-state index in [1.54, 1.807) is 36.4 Å². The molecule has 0 aliphatic carbocycles. The number of hydrogen-bond acceptors (Lipinski definition) is 3. The van der Waals surface area contributed by atoms with Gasteiger partial charge in [0, 0.05) is 6.42 Å². The normalized spacial score (nSPS) is 12.0. The Hall–Kier alpha value is -2.14. The van der Waals surface area contributed by atoms with E-state index in [1.165, 1.54) is 0 Å². The van der Waals surface area contributed by atoms with Crippen molar-refractivity contribution in [2.45, 2.75) is 52.4 Å². The van der Waals surface area contributed by atoms with Gasteiger partial charge in [0.05, 0.1) is 10.6 Å². The minimum atomic E-state index is -3.98. The number of hydrogen-bond donors (Lipinski definition) is 0. The van der Waals surface area contributed by atoms with Crippen LogP contribution in [0.3, 0.4) is 0 Å². The van der Waals surface area contributed by atoms with Gasteiger partial charge in [0.15, 0.2) is 0 Å². The molecule has 5 heteroatoms. The van der Waals surface area contributed by atoms with Gasteiger partial charge >= 0.3 is 0 Å². The predicted octanol–water partition coefficient (Wildman–Crippen LogP) is 4.72. The third kappa shape index (κ3) is 4.73. The Kier molecular flexibility index (Phi) is 5.91. The number of carbonyl (C=O) groups excluding carboxylic acids is 1. The number of rotatable bonds is 5. The van der Waals surface area contributed by atoms with E-state index in [-0.39, 0.29) is 16.7 Å². The van der Waals surface area contributed by atoms with Gasteiger partial charge in [-0.05, 0) is 48.6 Å². The second kappa shape index (κ2) is 7.62. The average Bonchev–Trinajstić information content (AvgIpc) is 2.54. The van der Waals surface area contributed by atoms with E-state index < -0.39 is 15.9 Å². The molecule has 4 nitrogen and oxygen atoms in total. The summed E-state index contributed by atoms with van der Waals surface area (Å²) >= 11 is 0. The van der Waals surface area contributed by atoms with Crippen LogP contribution in [0.15, 0.2) is 53.4 Å². The van der Waals surface area contributed by atoms with E-state index in [1.807, 2.05) is 46.8 Å². The Labute approximate surface area is 156 Å². The molecule has 0 N–H and O–H groups in total. The Morgan fingerprint density at radius 2 is 1.50 bits per heavy atom. The molecule has 0 aliphatic rings. The van der Waals surface area contributed by atoms with Crippen LogP contribution < -0.4 is 4.31 Å². The zero-order valence-electron chi connectivity index (χ0n) is 16.1. The van der Waals surface area contributed by atoms with Crippen molar-refractivity contribution >= 4 is 21.6 Å². The van der Waals surface area contributed by atoms with Crippen LogP contribution in [-0.2, 0) is 21.2 Å². The average molecular weight is 374 g/mol. The highest BCUT2D eigenvalue weighted by Gasteiger charge is 2.33. The summed E-state index contributed by atoms with van der Waals surface area (Å²) < 4.78 is 27.4. The highest BCUT2D eigenvalue weighted by molar-refractivity contribution is 7.93. The Balaban J connectivity index is 2.54. The molecule has 0 spiro atoms. The van der Waals surface area contributed by atoms with Gasteiger partial charge in [-0.2, -0.15) is 0 Å². The maximum absolute atomic E-state index is 13.2. The fourth-order valence-electron chi connectivity index (χ4n) is 2.62. The first kappa shape index (κ1) is 20.2. The molecule has 0 unspecified atom stereocenters. The summed E-state index contributed by atoms with van der Waals surface area (Å²) in [7, 11) is -3.98. The summed E-state index contributed by atoms with van der Waals surface area (Å²) in [6, 6.07) is 13.7. The second-order valence-electron chi connectivity index (χ2n) is 7.73. The quantitative estimate of drug-likeness (QED) is 0.762. The summed E-state index contributed by atoms with van der Waals surface area (Å²) in [5.41, 5.74) is 2.10. The Morgan fingerprint density at radius 3 is 1.96 bits per heavy atom. The summed E-state index contributed by atoms with van der Waals surface area (Å²) in [4.78, 5) is 13.1. The van der Waals surface area contributed by atoms with Crippen LogP contribution >= 0.6 is 0 Å². The highest BCUT2D eigenvalue weighted by Crippen LogP contribution is 2.29. The molecule has 0 saturated carbocycles. The molecular weight excluding hydrogens is 346 g/mol. The molecule has 140 valence electrons. The lowest BCUT2D eigenvalue weighted by Gasteiger charge is -2.26. The third-order valence-corrected chi connectivity index (χ3v) is 5.81. The lowest BCUT2D eigenvalue weighted by Crippen LogP contribution is -2.38. The molecule has 2 aromatic carbocycles. The lowest BCUT2D eigenvalue weighted by atomic mass is 9.92. The van der Waals surface area contributed by atoms with Crippen molar-refractivity contribution in [2.24, 2.45) is 5.41 Å². The predicted molar refractivity (Wildman–Crippen MR) is 106 cm³/mol. The van der Waals surface area contributed by atoms with E-state index in [2.05, 4.69) is 0 Å². The number of sulfonamides is 1. The van der Waals surface area contributed by atoms with Crippen LogP contribution in [0, 0.1) is 12.3 Å². The minimum Gasteiger partial charge on any atom is -0.273 e. The fourth-order valence-corrected chi connectivity index (χ4v) is 4.05. The largest absolute Gasteiger partial charge is 0.273 e. The summed E-state index contributed by atoms with van der Waals surface area (Å²) in [6.45, 7) is 9.67. The summed E-state index contributed by atoms with van der Waals surface area (Å²) in [5, 5.41) is 0. The monoisotopic (exact) mass is 373 g/mol. The van der Waals surface area contributed by atoms with E-state index >= 15 is 0 Å². The molecule has 0 saturated heterocycles. The van der Waals surface area contributed by atoms with Crippen LogP contribution in [0.1, 0.15) is 45.2 Å². The molecule has 0 heterocycles. The summed E-state index contributed by atoms with van der Waals surface area (Å²) in [5.74, 6) is -0.428. The van der Waals surface area contributed by atoms with E-state index in [0.29, 0.717) is 5.69 Å². The van der Waals surface area contributed by atoms with Gasteiger partial charge < -0.3 is 0 Å². The zero-order valence-corrected chi connectivity index (χ0v) is 16.9. The zero-order chi connectivity index (χ0) is 19.5. The van der Waals surface area contributed by atoms with Crippen LogP contribution in [0.25, 0.3) is 0 Å². The first-order valence-corrected chi connectivity index (χ1v) is 10.2. The van der Waals surface area contributed by atoms with Crippen molar-refractivity contribution in [2.75, 3.05) is 4.31 Å². The highest BCUT2D eigenvalue weighted by atomic mass is 32.2. The molecular formula is C21H27NO3S. The SMILES string of the molecule is CCc1ccc(N(C(=O)CC(C)(C)C)S(=O)(=O)c2ccc(C)cc2)cc1. The number of anilines is 1. The third-order valence-electron chi connectivity index (χ3n) is 4.05. The lowest BCUT2D eigenvalue weighted by molar-refractivity contribution is -0.119. The molecule has 0 fully saturated rings. The molecule has 26 heavy (non-hydrogen) atoms. The molecule has 0 atom stereocenters. The fraction of sp³-hybridized carbons (Fsp3) is 0.381. The molecule has 0 aromatic heterocycles.